The number of primary amides is 1. The molecule has 0 unspecified atom stereocenters. The Morgan fingerprint density at radius 1 is 1.05 bits per heavy atom. The summed E-state index contributed by atoms with van der Waals surface area (Å²) in [6, 6.07) is 6.55. The van der Waals surface area contributed by atoms with Crippen LogP contribution in [0.3, 0.4) is 0 Å². The van der Waals surface area contributed by atoms with Crippen molar-refractivity contribution in [1.29, 1.82) is 0 Å². The number of hydrogen-bond donors (Lipinski definition) is 1. The van der Waals surface area contributed by atoms with Crippen LogP contribution >= 0.6 is 0 Å². The average molecular weight is 575 g/mol. The minimum Gasteiger partial charge on any atom is -0.378 e. The first-order valence-electron chi connectivity index (χ1n) is 13.2. The predicted molar refractivity (Wildman–Crippen MR) is 146 cm³/mol. The summed E-state index contributed by atoms with van der Waals surface area (Å²) in [5.74, 6) is -1.23. The van der Waals surface area contributed by atoms with Gasteiger partial charge in [-0.1, -0.05) is 0 Å². The third-order valence-electron chi connectivity index (χ3n) is 7.64. The van der Waals surface area contributed by atoms with Crippen LogP contribution in [0, 0.1) is 5.82 Å². The maximum Gasteiger partial charge on any atom is 0.417 e. The summed E-state index contributed by atoms with van der Waals surface area (Å²) in [4.78, 5) is 35.7. The number of hydrogen-bond acceptors (Lipinski definition) is 7. The van der Waals surface area contributed by atoms with E-state index in [-0.39, 0.29) is 17.3 Å². The smallest absolute Gasteiger partial charge is 0.378 e. The molecule has 4 heterocycles. The molecule has 5 rings (SSSR count). The molecule has 0 saturated carbocycles. The molecule has 13 heteroatoms. The lowest BCUT2D eigenvalue weighted by molar-refractivity contribution is -0.138. The van der Waals surface area contributed by atoms with E-state index in [9.17, 15) is 22.8 Å². The lowest BCUT2D eigenvalue weighted by Gasteiger charge is -2.40. The first kappa shape index (κ1) is 28.6. The largest absolute Gasteiger partial charge is 0.417 e. The van der Waals surface area contributed by atoms with Crippen LogP contribution in [0.5, 0.6) is 0 Å². The molecule has 0 spiro atoms. The Morgan fingerprint density at radius 3 is 2.39 bits per heavy atom. The molecule has 218 valence electrons. The Balaban J connectivity index is 1.66. The number of pyridine rings is 2. The number of aromatic nitrogens is 2. The lowest BCUT2D eigenvalue weighted by atomic mass is 10.0. The van der Waals surface area contributed by atoms with Crippen molar-refractivity contribution in [3.63, 3.8) is 0 Å². The van der Waals surface area contributed by atoms with Gasteiger partial charge in [-0.2, -0.15) is 13.2 Å². The number of morpholine rings is 1. The van der Waals surface area contributed by atoms with Gasteiger partial charge < -0.3 is 25.2 Å². The molecule has 1 atom stereocenters. The minimum atomic E-state index is -4.97. The Morgan fingerprint density at radius 2 is 1.78 bits per heavy atom. The third kappa shape index (κ3) is 5.77. The van der Waals surface area contributed by atoms with Crippen LogP contribution in [0.4, 0.5) is 29.1 Å². The number of ether oxygens (including phenoxy) is 1. The summed E-state index contributed by atoms with van der Waals surface area (Å²) < 4.78 is 63.0. The molecule has 1 amide bonds. The van der Waals surface area contributed by atoms with Gasteiger partial charge >= 0.3 is 6.18 Å². The maximum absolute atomic E-state index is 15.7. The van der Waals surface area contributed by atoms with Crippen LogP contribution in [-0.2, 0) is 10.9 Å². The van der Waals surface area contributed by atoms with E-state index >= 15 is 4.39 Å². The van der Waals surface area contributed by atoms with Crippen LogP contribution in [0.2, 0.25) is 0 Å². The molecule has 41 heavy (non-hydrogen) atoms. The van der Waals surface area contributed by atoms with Crippen molar-refractivity contribution < 1.29 is 27.1 Å². The van der Waals surface area contributed by atoms with E-state index in [4.69, 9.17) is 10.5 Å². The van der Waals surface area contributed by atoms with Gasteiger partial charge in [0.2, 0.25) is 0 Å². The molecule has 2 fully saturated rings. The number of likely N-dealkylation sites (N-methyl/N-ethyl adjacent to an activating group) is 1. The van der Waals surface area contributed by atoms with Gasteiger partial charge in [0.25, 0.3) is 11.5 Å². The summed E-state index contributed by atoms with van der Waals surface area (Å²) in [7, 11) is 1.96. The highest BCUT2D eigenvalue weighted by atomic mass is 19.4. The van der Waals surface area contributed by atoms with Crippen molar-refractivity contribution in [2.75, 3.05) is 62.8 Å². The van der Waals surface area contributed by atoms with Crippen molar-refractivity contribution in [2.45, 2.75) is 19.1 Å². The molecule has 2 aliphatic heterocycles. The zero-order chi connectivity index (χ0) is 29.5. The fourth-order valence-corrected chi connectivity index (χ4v) is 5.16. The maximum atomic E-state index is 15.7. The van der Waals surface area contributed by atoms with E-state index in [2.05, 4.69) is 9.88 Å². The number of nitrogens with zero attached hydrogens (tertiary/aromatic N) is 5. The van der Waals surface area contributed by atoms with E-state index in [1.165, 1.54) is 18.3 Å². The number of benzene rings is 1. The molecular formula is C28H30F4N6O3. The van der Waals surface area contributed by atoms with Crippen molar-refractivity contribution in [1.82, 2.24) is 14.5 Å². The Hall–Kier alpha value is -3.97. The molecule has 9 nitrogen and oxygen atoms in total. The second-order valence-electron chi connectivity index (χ2n) is 10.3. The highest BCUT2D eigenvalue weighted by molar-refractivity contribution is 5.94. The van der Waals surface area contributed by atoms with E-state index in [0.717, 1.165) is 10.8 Å². The number of piperazine rings is 1. The zero-order valence-corrected chi connectivity index (χ0v) is 22.6. The topological polar surface area (TPSA) is 96.9 Å². The quantitative estimate of drug-likeness (QED) is 0.468. The van der Waals surface area contributed by atoms with E-state index < -0.39 is 34.6 Å². The van der Waals surface area contributed by atoms with E-state index in [0.29, 0.717) is 69.1 Å². The monoisotopic (exact) mass is 574 g/mol. The number of halogens is 4. The van der Waals surface area contributed by atoms with Gasteiger partial charge in [-0.3, -0.25) is 14.2 Å². The molecule has 2 saturated heterocycles. The summed E-state index contributed by atoms with van der Waals surface area (Å²) >= 11 is 0. The highest BCUT2D eigenvalue weighted by Crippen LogP contribution is 2.36. The Bertz CT molecular complexity index is 1500. The average Bonchev–Trinajstić information content (AvgIpc) is 2.94. The van der Waals surface area contributed by atoms with E-state index in [1.54, 1.807) is 12.1 Å². The SMILES string of the molecule is C[C@@H]1CN(c2cc(F)c(-c3ccc(N4CCOCC4)nc3)cc2-n2cc(C(N)=O)c(C(F)(F)F)cc2=O)CCN1C. The fraction of sp³-hybridized carbons (Fsp3) is 0.393. The lowest BCUT2D eigenvalue weighted by Crippen LogP contribution is -2.50. The van der Waals surface area contributed by atoms with Gasteiger partial charge in [-0.25, -0.2) is 9.37 Å². The first-order chi connectivity index (χ1) is 19.4. The summed E-state index contributed by atoms with van der Waals surface area (Å²) in [5, 5.41) is 0. The van der Waals surface area contributed by atoms with Gasteiger partial charge in [0, 0.05) is 68.4 Å². The number of nitrogens with two attached hydrogens (primary N) is 1. The van der Waals surface area contributed by atoms with Gasteiger partial charge in [0.1, 0.15) is 11.6 Å². The standard InChI is InChI=1S/C28H30F4N6O3/c1-17-15-37(6-5-35(17)2)23-13-22(29)19(18-3-4-25(34-14-18)36-7-9-41-10-8-36)11-24(23)38-16-20(27(33)40)21(12-26(38)39)28(30,31)32/h3-4,11-14,16-17H,5-10,15H2,1-2H3,(H2,33,40)/t17-/m1/s1. The summed E-state index contributed by atoms with van der Waals surface area (Å²) in [6.07, 6.45) is -2.68. The van der Waals surface area contributed by atoms with E-state index in [1.807, 2.05) is 23.8 Å². The van der Waals surface area contributed by atoms with Crippen molar-refractivity contribution in [3.8, 4) is 16.8 Å². The number of rotatable bonds is 5. The minimum absolute atomic E-state index is 0.0850. The van der Waals surface area contributed by atoms with Crippen molar-refractivity contribution in [2.24, 2.45) is 5.73 Å². The van der Waals surface area contributed by atoms with Crippen molar-refractivity contribution in [3.05, 3.63) is 70.0 Å². The molecule has 0 radical (unpaired) electrons. The number of alkyl halides is 3. The number of carbonyl (C=O) groups is 1. The van der Waals surface area contributed by atoms with Gasteiger partial charge in [-0.05, 0) is 38.2 Å². The Kier molecular flexibility index (Phi) is 7.75. The molecule has 2 N–H and O–H groups in total. The molecule has 2 aromatic heterocycles. The summed E-state index contributed by atoms with van der Waals surface area (Å²) in [6.45, 7) is 6.09. The normalized spacial score (nSPS) is 18.5. The number of carbonyl (C=O) groups excluding carboxylic acids is 1. The van der Waals surface area contributed by atoms with Crippen LogP contribution in [0.1, 0.15) is 22.8 Å². The fourth-order valence-electron chi connectivity index (χ4n) is 5.16. The molecule has 0 aliphatic carbocycles. The second-order valence-corrected chi connectivity index (χ2v) is 10.3. The molecule has 0 bridgehead atoms. The Labute approximate surface area is 233 Å². The second kappa shape index (κ2) is 11.1. The van der Waals surface area contributed by atoms with Crippen LogP contribution in [-0.4, -0.2) is 79.4 Å². The third-order valence-corrected chi connectivity index (χ3v) is 7.64. The molecule has 3 aromatic rings. The van der Waals surface area contributed by atoms with Gasteiger partial charge in [0.05, 0.1) is 35.7 Å². The molecule has 2 aliphatic rings. The number of amides is 1. The van der Waals surface area contributed by atoms with Crippen LogP contribution in [0.25, 0.3) is 16.8 Å². The van der Waals surface area contributed by atoms with Crippen LogP contribution < -0.4 is 21.1 Å². The molecule has 1 aromatic carbocycles. The summed E-state index contributed by atoms with van der Waals surface area (Å²) in [5.41, 5.74) is 2.90. The number of anilines is 2. The zero-order valence-electron chi connectivity index (χ0n) is 22.6. The highest BCUT2D eigenvalue weighted by Gasteiger charge is 2.36. The molecular weight excluding hydrogens is 544 g/mol. The first-order valence-corrected chi connectivity index (χ1v) is 13.2. The predicted octanol–water partition coefficient (Wildman–Crippen LogP) is 3.13. The van der Waals surface area contributed by atoms with Crippen LogP contribution in [0.15, 0.2) is 47.5 Å². The van der Waals surface area contributed by atoms with Gasteiger partial charge in [0.15, 0.2) is 0 Å². The van der Waals surface area contributed by atoms with Crippen molar-refractivity contribution >= 4 is 17.4 Å². The van der Waals surface area contributed by atoms with Gasteiger partial charge in [-0.15, -0.1) is 0 Å².